The van der Waals surface area contributed by atoms with E-state index < -0.39 is 12.2 Å². The summed E-state index contributed by atoms with van der Waals surface area (Å²) in [6.07, 6.45) is 75.4. The summed E-state index contributed by atoms with van der Waals surface area (Å²) in [5.41, 5.74) is 0. The topological polar surface area (TPSA) is 120 Å². The molecule has 538 valence electrons. The molecular formula is C80H150N4O6S2. The Morgan fingerprint density at radius 1 is 0.380 bits per heavy atom. The molecule has 1 heterocycles. The van der Waals surface area contributed by atoms with E-state index in [4.69, 9.17) is 4.74 Å². The van der Waals surface area contributed by atoms with Gasteiger partial charge in [0, 0.05) is 83.4 Å². The van der Waals surface area contributed by atoms with E-state index in [1.807, 2.05) is 21.6 Å². The Labute approximate surface area is 578 Å². The lowest BCUT2D eigenvalue weighted by molar-refractivity contribution is -0.144. The number of carbonyl (C=O) groups excluding carboxylic acids is 1. The number of aliphatic hydroxyl groups excluding tert-OH is 4. The first-order valence-electron chi connectivity index (χ1n) is 39.1. The van der Waals surface area contributed by atoms with E-state index in [0.717, 1.165) is 199 Å². The summed E-state index contributed by atoms with van der Waals surface area (Å²) in [4.78, 5) is 22.5. The monoisotopic (exact) mass is 1330 g/mol. The van der Waals surface area contributed by atoms with Gasteiger partial charge in [-0.2, -0.15) is 0 Å². The number of ether oxygens (including phenoxy) is 1. The third-order valence-corrected chi connectivity index (χ3v) is 20.5. The summed E-state index contributed by atoms with van der Waals surface area (Å²) in [6.45, 7) is 19.4. The molecule has 0 spiro atoms. The van der Waals surface area contributed by atoms with Crippen molar-refractivity contribution in [3.63, 3.8) is 0 Å². The molecule has 12 heteroatoms. The number of piperazine rings is 1. The molecule has 92 heavy (non-hydrogen) atoms. The van der Waals surface area contributed by atoms with Crippen molar-refractivity contribution in [1.29, 1.82) is 0 Å². The van der Waals surface area contributed by atoms with Gasteiger partial charge in [0.15, 0.2) is 0 Å². The molecule has 0 aromatic carbocycles. The second-order valence-electron chi connectivity index (χ2n) is 27.0. The van der Waals surface area contributed by atoms with Gasteiger partial charge in [-0.05, 0) is 122 Å². The van der Waals surface area contributed by atoms with Crippen LogP contribution in [-0.2, 0) is 9.53 Å². The summed E-state index contributed by atoms with van der Waals surface area (Å²) in [6, 6.07) is 0. The third kappa shape index (κ3) is 63.1. The first-order valence-corrected chi connectivity index (χ1v) is 41.6. The van der Waals surface area contributed by atoms with Gasteiger partial charge in [-0.1, -0.05) is 289 Å². The Morgan fingerprint density at radius 2 is 0.707 bits per heavy atom. The lowest BCUT2D eigenvalue weighted by Crippen LogP contribution is -2.47. The van der Waals surface area contributed by atoms with Crippen molar-refractivity contribution in [1.82, 2.24) is 19.6 Å². The van der Waals surface area contributed by atoms with Gasteiger partial charge in [-0.15, -0.1) is 0 Å². The van der Waals surface area contributed by atoms with Crippen molar-refractivity contribution >= 4 is 27.6 Å². The van der Waals surface area contributed by atoms with Crippen molar-refractivity contribution in [2.24, 2.45) is 0 Å². The second-order valence-corrected chi connectivity index (χ2v) is 29.7. The van der Waals surface area contributed by atoms with Crippen LogP contribution < -0.4 is 0 Å². The van der Waals surface area contributed by atoms with Crippen molar-refractivity contribution in [2.75, 3.05) is 96.6 Å². The van der Waals surface area contributed by atoms with Gasteiger partial charge in [0.05, 0.1) is 24.4 Å². The van der Waals surface area contributed by atoms with E-state index in [9.17, 15) is 25.2 Å². The average molecular weight is 1330 g/mol. The molecule has 2 unspecified atom stereocenters. The molecule has 4 N–H and O–H groups in total. The number of hydrogen-bond acceptors (Lipinski definition) is 12. The summed E-state index contributed by atoms with van der Waals surface area (Å²) in [5.74, 6) is 2.05. The van der Waals surface area contributed by atoms with Gasteiger partial charge in [0.2, 0.25) is 0 Å². The fraction of sp³-hybridized carbons (Fsp3) is 0.838. The molecule has 1 aliphatic rings. The Hall–Kier alpha value is -1.71. The summed E-state index contributed by atoms with van der Waals surface area (Å²) < 4.78 is 5.75. The molecule has 0 aliphatic carbocycles. The maximum atomic E-state index is 12.9. The van der Waals surface area contributed by atoms with E-state index in [1.54, 1.807) is 0 Å². The largest absolute Gasteiger partial charge is 0.464 e. The van der Waals surface area contributed by atoms with Crippen LogP contribution in [0, 0.1) is 0 Å². The zero-order chi connectivity index (χ0) is 66.5. The molecule has 1 fully saturated rings. The zero-order valence-corrected chi connectivity index (χ0v) is 62.3. The van der Waals surface area contributed by atoms with Crippen LogP contribution in [0.25, 0.3) is 0 Å². The lowest BCUT2D eigenvalue weighted by Gasteiger charge is -2.34. The predicted octanol–water partition coefficient (Wildman–Crippen LogP) is 20.2. The van der Waals surface area contributed by atoms with Crippen LogP contribution in [0.15, 0.2) is 72.9 Å². The van der Waals surface area contributed by atoms with E-state index in [-0.39, 0.29) is 18.2 Å². The van der Waals surface area contributed by atoms with Crippen molar-refractivity contribution in [3.8, 4) is 0 Å². The quantitative estimate of drug-likeness (QED) is 0.0201. The first kappa shape index (κ1) is 88.3. The van der Waals surface area contributed by atoms with Crippen LogP contribution >= 0.6 is 21.6 Å². The lowest BCUT2D eigenvalue weighted by atomic mass is 10.0. The maximum Gasteiger partial charge on any atom is 0.305 e. The summed E-state index contributed by atoms with van der Waals surface area (Å²) in [5, 5.41) is 44.6. The van der Waals surface area contributed by atoms with Crippen LogP contribution in [0.1, 0.15) is 310 Å². The smallest absolute Gasteiger partial charge is 0.305 e. The van der Waals surface area contributed by atoms with Crippen molar-refractivity contribution in [3.05, 3.63) is 72.9 Å². The van der Waals surface area contributed by atoms with E-state index in [0.29, 0.717) is 39.2 Å². The van der Waals surface area contributed by atoms with Crippen LogP contribution in [0.5, 0.6) is 0 Å². The van der Waals surface area contributed by atoms with Gasteiger partial charge in [-0.3, -0.25) is 24.4 Å². The Kier molecular flexibility index (Phi) is 67.8. The normalized spacial score (nSPS) is 15.2. The van der Waals surface area contributed by atoms with Crippen molar-refractivity contribution < 1.29 is 30.0 Å². The van der Waals surface area contributed by atoms with E-state index >= 15 is 0 Å². The Bertz CT molecular complexity index is 1630. The van der Waals surface area contributed by atoms with E-state index in [1.165, 1.54) is 141 Å². The minimum Gasteiger partial charge on any atom is -0.464 e. The number of carbonyl (C=O) groups is 1. The molecular weight excluding hydrogens is 1180 g/mol. The highest BCUT2D eigenvalue weighted by Gasteiger charge is 2.20. The second kappa shape index (κ2) is 70.6. The molecule has 4 atom stereocenters. The highest BCUT2D eigenvalue weighted by molar-refractivity contribution is 8.76. The number of rotatable bonds is 70. The number of unbranched alkanes of at least 4 members (excludes halogenated alkanes) is 27. The van der Waals surface area contributed by atoms with Crippen molar-refractivity contribution in [2.45, 2.75) is 335 Å². The molecule has 10 nitrogen and oxygen atoms in total. The Balaban J connectivity index is 2.43. The van der Waals surface area contributed by atoms with Crippen LogP contribution in [-0.4, -0.2) is 167 Å². The van der Waals surface area contributed by atoms with Gasteiger partial charge in [0.25, 0.3) is 0 Å². The number of aliphatic hydroxyl groups is 4. The first-order chi connectivity index (χ1) is 45.2. The molecule has 1 saturated heterocycles. The maximum absolute atomic E-state index is 12.9. The number of esters is 1. The minimum absolute atomic E-state index is 0.127. The average Bonchev–Trinajstić information content (AvgIpc) is 3.58. The van der Waals surface area contributed by atoms with Gasteiger partial charge in [-0.25, -0.2) is 0 Å². The number of hydrogen-bond donors (Lipinski definition) is 4. The zero-order valence-electron chi connectivity index (χ0n) is 60.7. The van der Waals surface area contributed by atoms with Crippen LogP contribution in [0.4, 0.5) is 0 Å². The van der Waals surface area contributed by atoms with Gasteiger partial charge < -0.3 is 25.2 Å². The standard InChI is InChI=1S/C80H150N4O6S2/c1-5-9-13-17-21-25-29-31-33-35-39-43-47-49-56-76(85)72-83(73-77(86)57-50-48-44-40-36-34-32-30-26-22-18-14-10-6-2)61-54-53-60-80(89)90-69-67-81-63-65-82(66-64-81)68-71-92-91-70-55-62-84(74-78(87)58-51-45-41-37-27-23-19-15-11-7-3)75-79(88)59-52-46-42-38-28-24-20-16-12-8-4/h9-10,13-14,21-22,25-26,31-34,76-79,85-88H,5-8,11-12,15-20,23-24,27-30,35-75H2,1-4H3/b13-9-,14-10-,25-21-,26-22-,33-31-,34-32-/t76-,77-,78?,79?/m1/s1. The molecule has 0 saturated carbocycles. The minimum atomic E-state index is -0.420. The van der Waals surface area contributed by atoms with E-state index in [2.05, 4.69) is 120 Å². The molecule has 1 aliphatic heterocycles. The van der Waals surface area contributed by atoms with Gasteiger partial charge in [0.1, 0.15) is 6.61 Å². The molecule has 0 radical (unpaired) electrons. The third-order valence-electron chi connectivity index (χ3n) is 18.1. The molecule has 0 aromatic heterocycles. The molecule has 0 aromatic rings. The highest BCUT2D eigenvalue weighted by Crippen LogP contribution is 2.23. The Morgan fingerprint density at radius 3 is 1.10 bits per heavy atom. The number of nitrogens with zero attached hydrogens (tertiary/aromatic N) is 4. The highest BCUT2D eigenvalue weighted by atomic mass is 33.1. The van der Waals surface area contributed by atoms with Crippen LogP contribution in [0.3, 0.4) is 0 Å². The molecule has 1 rings (SSSR count). The fourth-order valence-electron chi connectivity index (χ4n) is 12.3. The molecule has 0 bridgehead atoms. The summed E-state index contributed by atoms with van der Waals surface area (Å²) >= 11 is 0. The summed E-state index contributed by atoms with van der Waals surface area (Å²) in [7, 11) is 3.95. The SMILES string of the molecule is CC/C=C\C/C=C\C/C=C\CCCCCC[C@@H](O)CN(CCCCC(=O)OCCN1CCN(CCSSCCCN(CC(O)CCCCCCCCCCCC)CC(O)CCCCCCCCCCCC)CC1)C[C@H](O)CCCCCC/C=C\C/C=C\C/C=C\CC. The number of allylic oxidation sites excluding steroid dienone is 12. The molecule has 0 amide bonds. The van der Waals surface area contributed by atoms with Crippen LogP contribution in [0.2, 0.25) is 0 Å². The van der Waals surface area contributed by atoms with Gasteiger partial charge >= 0.3 is 5.97 Å². The predicted molar refractivity (Wildman–Crippen MR) is 406 cm³/mol. The fourth-order valence-corrected chi connectivity index (χ4v) is 14.4.